The summed E-state index contributed by atoms with van der Waals surface area (Å²) < 4.78 is 13.3. The quantitative estimate of drug-likeness (QED) is 0.686. The molecule has 2 heteroatoms. The first-order valence-electron chi connectivity index (χ1n) is 5.34. The molecule has 0 unspecified atom stereocenters. The van der Waals surface area contributed by atoms with Crippen LogP contribution in [0.1, 0.15) is 26.3 Å². The number of aromatic nitrogens is 1. The number of fused-ring (bicyclic) bond motifs is 1. The van der Waals surface area contributed by atoms with Crippen LogP contribution < -0.4 is 0 Å². The second-order valence-electron chi connectivity index (χ2n) is 2.99. The average molecular weight is 205 g/mol. The molecule has 0 radical (unpaired) electrons. The van der Waals surface area contributed by atoms with Gasteiger partial charge < -0.3 is 0 Å². The standard InChI is InChI=1S/C11H10FN.C2H6/c1-2-8-6-13-7-10-9(8)4-3-5-11(10)12;1-2/h3-7H,2H2,1H3;1-2H3. The molecule has 2 rings (SSSR count). The van der Waals surface area contributed by atoms with Crippen molar-refractivity contribution in [2.24, 2.45) is 0 Å². The smallest absolute Gasteiger partial charge is 0.132 e. The first-order chi connectivity index (χ1) is 7.33. The van der Waals surface area contributed by atoms with Crippen LogP contribution in [-0.2, 0) is 6.42 Å². The summed E-state index contributed by atoms with van der Waals surface area (Å²) in [7, 11) is 0. The maximum Gasteiger partial charge on any atom is 0.132 e. The summed E-state index contributed by atoms with van der Waals surface area (Å²) >= 11 is 0. The molecule has 0 aliphatic rings. The molecule has 0 bridgehead atoms. The highest BCUT2D eigenvalue weighted by Crippen LogP contribution is 2.20. The summed E-state index contributed by atoms with van der Waals surface area (Å²) in [5, 5.41) is 1.58. The summed E-state index contributed by atoms with van der Waals surface area (Å²) in [5.74, 6) is -0.194. The molecule has 0 saturated heterocycles. The van der Waals surface area contributed by atoms with Crippen LogP contribution in [0.5, 0.6) is 0 Å². The lowest BCUT2D eigenvalue weighted by Crippen LogP contribution is -1.87. The van der Waals surface area contributed by atoms with Gasteiger partial charge in [0.1, 0.15) is 5.82 Å². The number of nitrogens with zero attached hydrogens (tertiary/aromatic N) is 1. The Bertz CT molecular complexity index is 437. The van der Waals surface area contributed by atoms with Gasteiger partial charge in [-0.3, -0.25) is 4.98 Å². The van der Waals surface area contributed by atoms with Crippen molar-refractivity contribution in [3.05, 3.63) is 42.0 Å². The summed E-state index contributed by atoms with van der Waals surface area (Å²) in [6.07, 6.45) is 4.25. The summed E-state index contributed by atoms with van der Waals surface area (Å²) in [6.45, 7) is 6.04. The molecule has 1 aromatic heterocycles. The number of pyridine rings is 1. The van der Waals surface area contributed by atoms with Crippen molar-refractivity contribution in [1.82, 2.24) is 4.98 Å². The van der Waals surface area contributed by atoms with Crippen LogP contribution in [0.4, 0.5) is 4.39 Å². The van der Waals surface area contributed by atoms with E-state index >= 15 is 0 Å². The van der Waals surface area contributed by atoms with Crippen LogP contribution in [0.3, 0.4) is 0 Å². The Morgan fingerprint density at radius 1 is 1.13 bits per heavy atom. The van der Waals surface area contributed by atoms with E-state index in [2.05, 4.69) is 4.98 Å². The van der Waals surface area contributed by atoms with Gasteiger partial charge in [-0.25, -0.2) is 4.39 Å². The molecule has 1 aromatic carbocycles. The third-order valence-electron chi connectivity index (χ3n) is 2.21. The lowest BCUT2D eigenvalue weighted by molar-refractivity contribution is 0.639. The Morgan fingerprint density at radius 3 is 2.53 bits per heavy atom. The van der Waals surface area contributed by atoms with Crippen molar-refractivity contribution in [2.75, 3.05) is 0 Å². The van der Waals surface area contributed by atoms with Gasteiger partial charge >= 0.3 is 0 Å². The molecular formula is C13H16FN. The van der Waals surface area contributed by atoms with E-state index in [1.165, 1.54) is 6.07 Å². The van der Waals surface area contributed by atoms with Gasteiger partial charge in [0.25, 0.3) is 0 Å². The Labute approximate surface area is 90.0 Å². The zero-order valence-corrected chi connectivity index (χ0v) is 9.42. The molecule has 0 aliphatic carbocycles. The fourth-order valence-electron chi connectivity index (χ4n) is 1.50. The maximum absolute atomic E-state index is 13.3. The first-order valence-corrected chi connectivity index (χ1v) is 5.34. The van der Waals surface area contributed by atoms with Gasteiger partial charge in [0, 0.05) is 17.8 Å². The van der Waals surface area contributed by atoms with Crippen molar-refractivity contribution in [2.45, 2.75) is 27.2 Å². The molecule has 0 fully saturated rings. The van der Waals surface area contributed by atoms with Gasteiger partial charge in [0.15, 0.2) is 0 Å². The highest BCUT2D eigenvalue weighted by Gasteiger charge is 2.02. The van der Waals surface area contributed by atoms with Gasteiger partial charge in [-0.1, -0.05) is 32.9 Å². The van der Waals surface area contributed by atoms with Crippen LogP contribution in [0.2, 0.25) is 0 Å². The van der Waals surface area contributed by atoms with Crippen molar-refractivity contribution >= 4 is 10.8 Å². The van der Waals surface area contributed by atoms with Crippen molar-refractivity contribution in [3.63, 3.8) is 0 Å². The minimum atomic E-state index is -0.194. The van der Waals surface area contributed by atoms with Gasteiger partial charge in [-0.05, 0) is 23.4 Å². The zero-order chi connectivity index (χ0) is 11.3. The van der Waals surface area contributed by atoms with Crippen LogP contribution in [-0.4, -0.2) is 4.98 Å². The molecule has 0 saturated carbocycles. The monoisotopic (exact) mass is 205 g/mol. The summed E-state index contributed by atoms with van der Waals surface area (Å²) in [4.78, 5) is 4.00. The largest absolute Gasteiger partial charge is 0.264 e. The van der Waals surface area contributed by atoms with Gasteiger partial charge in [-0.2, -0.15) is 0 Å². The number of benzene rings is 1. The summed E-state index contributed by atoms with van der Waals surface area (Å²) in [5.41, 5.74) is 1.09. The average Bonchev–Trinajstić information content (AvgIpc) is 2.32. The second-order valence-corrected chi connectivity index (χ2v) is 2.99. The topological polar surface area (TPSA) is 12.9 Å². The summed E-state index contributed by atoms with van der Waals surface area (Å²) in [6, 6.07) is 5.12. The minimum absolute atomic E-state index is 0.194. The lowest BCUT2D eigenvalue weighted by atomic mass is 10.1. The lowest BCUT2D eigenvalue weighted by Gasteiger charge is -2.03. The van der Waals surface area contributed by atoms with E-state index < -0.39 is 0 Å². The van der Waals surface area contributed by atoms with E-state index in [1.807, 2.05) is 26.8 Å². The molecule has 0 amide bonds. The van der Waals surface area contributed by atoms with E-state index in [1.54, 1.807) is 18.5 Å². The molecule has 15 heavy (non-hydrogen) atoms. The highest BCUT2D eigenvalue weighted by molar-refractivity contribution is 5.85. The van der Waals surface area contributed by atoms with Crippen molar-refractivity contribution in [3.8, 4) is 0 Å². The molecule has 2 aromatic rings. The molecule has 1 heterocycles. The number of hydrogen-bond acceptors (Lipinski definition) is 1. The van der Waals surface area contributed by atoms with E-state index in [9.17, 15) is 4.39 Å². The zero-order valence-electron chi connectivity index (χ0n) is 9.42. The molecule has 1 nitrogen and oxygen atoms in total. The molecule has 0 spiro atoms. The van der Waals surface area contributed by atoms with E-state index in [0.717, 1.165) is 17.4 Å². The van der Waals surface area contributed by atoms with Crippen LogP contribution in [0.25, 0.3) is 10.8 Å². The molecule has 0 aliphatic heterocycles. The maximum atomic E-state index is 13.3. The fraction of sp³-hybridized carbons (Fsp3) is 0.308. The first kappa shape index (κ1) is 11.6. The van der Waals surface area contributed by atoms with Gasteiger partial charge in [-0.15, -0.1) is 0 Å². The van der Waals surface area contributed by atoms with Crippen LogP contribution in [0, 0.1) is 5.82 Å². The predicted octanol–water partition coefficient (Wildman–Crippen LogP) is 3.96. The number of hydrogen-bond donors (Lipinski definition) is 0. The normalized spacial score (nSPS) is 9.60. The minimum Gasteiger partial charge on any atom is -0.264 e. The molecule has 0 N–H and O–H groups in total. The molecular weight excluding hydrogens is 189 g/mol. The van der Waals surface area contributed by atoms with Crippen molar-refractivity contribution < 1.29 is 4.39 Å². The van der Waals surface area contributed by atoms with E-state index in [4.69, 9.17) is 0 Å². The van der Waals surface area contributed by atoms with E-state index in [0.29, 0.717) is 5.39 Å². The number of aryl methyl sites for hydroxylation is 1. The van der Waals surface area contributed by atoms with Gasteiger partial charge in [0.05, 0.1) is 0 Å². The predicted molar refractivity (Wildman–Crippen MR) is 62.4 cm³/mol. The highest BCUT2D eigenvalue weighted by atomic mass is 19.1. The van der Waals surface area contributed by atoms with E-state index in [-0.39, 0.29) is 5.82 Å². The van der Waals surface area contributed by atoms with Crippen LogP contribution in [0.15, 0.2) is 30.6 Å². The number of halogens is 1. The molecule has 0 atom stereocenters. The van der Waals surface area contributed by atoms with Crippen molar-refractivity contribution in [1.29, 1.82) is 0 Å². The Balaban J connectivity index is 0.000000531. The third kappa shape index (κ3) is 2.32. The Kier molecular flexibility index (Phi) is 4.22. The third-order valence-corrected chi connectivity index (χ3v) is 2.21. The Morgan fingerprint density at radius 2 is 1.87 bits per heavy atom. The van der Waals surface area contributed by atoms with Crippen LogP contribution >= 0.6 is 0 Å². The number of rotatable bonds is 1. The fourth-order valence-corrected chi connectivity index (χ4v) is 1.50. The SMILES string of the molecule is CC.CCc1cncc2c(F)cccc12. The Hall–Kier alpha value is -1.44. The molecule has 80 valence electrons. The van der Waals surface area contributed by atoms with Gasteiger partial charge in [0.2, 0.25) is 0 Å². The second kappa shape index (κ2) is 5.44.